The van der Waals surface area contributed by atoms with Gasteiger partial charge < -0.3 is 19.2 Å². The first-order valence-corrected chi connectivity index (χ1v) is 9.66. The molecule has 2 aliphatic rings. The second-order valence-corrected chi connectivity index (χ2v) is 8.60. The Morgan fingerprint density at radius 3 is 2.52 bits per heavy atom. The van der Waals surface area contributed by atoms with Gasteiger partial charge in [-0.1, -0.05) is 30.3 Å². The minimum Gasteiger partial charge on any atom is -0.444 e. The molecular formula is C21H30N2O4. The molecule has 0 aromatic heterocycles. The summed E-state index contributed by atoms with van der Waals surface area (Å²) in [5.41, 5.74) is 0.352. The number of carbonyl (C=O) groups excluding carboxylic acids is 2. The van der Waals surface area contributed by atoms with Crippen molar-refractivity contribution in [1.82, 2.24) is 9.80 Å². The first-order valence-electron chi connectivity index (χ1n) is 9.66. The van der Waals surface area contributed by atoms with E-state index in [2.05, 4.69) is 17.0 Å². The van der Waals surface area contributed by atoms with E-state index in [1.165, 1.54) is 5.56 Å². The van der Waals surface area contributed by atoms with Gasteiger partial charge in [-0.05, 0) is 39.2 Å². The van der Waals surface area contributed by atoms with E-state index < -0.39 is 11.7 Å². The maximum atomic E-state index is 12.3. The van der Waals surface area contributed by atoms with E-state index in [1.54, 1.807) is 4.90 Å². The van der Waals surface area contributed by atoms with Gasteiger partial charge in [0.25, 0.3) is 0 Å². The molecule has 0 bridgehead atoms. The molecule has 27 heavy (non-hydrogen) atoms. The highest BCUT2D eigenvalue weighted by molar-refractivity contribution is 5.68. The van der Waals surface area contributed by atoms with Crippen molar-refractivity contribution in [3.63, 3.8) is 0 Å². The molecule has 2 fully saturated rings. The third-order valence-corrected chi connectivity index (χ3v) is 5.08. The summed E-state index contributed by atoms with van der Waals surface area (Å²) in [6.45, 7) is 8.96. The summed E-state index contributed by atoms with van der Waals surface area (Å²) < 4.78 is 11.6. The predicted molar refractivity (Wildman–Crippen MR) is 102 cm³/mol. The maximum absolute atomic E-state index is 12.3. The molecule has 6 nitrogen and oxygen atoms in total. The summed E-state index contributed by atoms with van der Waals surface area (Å²) in [5, 5.41) is 0. The fourth-order valence-corrected chi connectivity index (χ4v) is 3.85. The van der Waals surface area contributed by atoms with Crippen LogP contribution >= 0.6 is 0 Å². The lowest BCUT2D eigenvalue weighted by Gasteiger charge is -2.49. The monoisotopic (exact) mass is 374 g/mol. The van der Waals surface area contributed by atoms with Crippen LogP contribution in [0.4, 0.5) is 4.79 Å². The SMILES string of the molecule is CC(C)(C)OC(=O)N1CCC2(CC1)CN(Cc1ccccc1)CC(C=O)O2. The summed E-state index contributed by atoms with van der Waals surface area (Å²) in [7, 11) is 0. The van der Waals surface area contributed by atoms with Gasteiger partial charge in [0.1, 0.15) is 18.0 Å². The number of hydrogen-bond acceptors (Lipinski definition) is 5. The predicted octanol–water partition coefficient (Wildman–Crippen LogP) is 2.86. The zero-order valence-corrected chi connectivity index (χ0v) is 16.5. The van der Waals surface area contributed by atoms with Crippen LogP contribution in [0.25, 0.3) is 0 Å². The molecule has 148 valence electrons. The third-order valence-electron chi connectivity index (χ3n) is 5.08. The Labute approximate surface area is 161 Å². The normalized spacial score (nSPS) is 23.2. The number of rotatable bonds is 3. The molecule has 2 heterocycles. The molecule has 1 aromatic rings. The van der Waals surface area contributed by atoms with Crippen LogP contribution in [0.1, 0.15) is 39.2 Å². The fourth-order valence-electron chi connectivity index (χ4n) is 3.85. The Morgan fingerprint density at radius 1 is 1.26 bits per heavy atom. The number of likely N-dealkylation sites (tertiary alicyclic amines) is 1. The number of amides is 1. The molecular weight excluding hydrogens is 344 g/mol. The summed E-state index contributed by atoms with van der Waals surface area (Å²) in [6, 6.07) is 10.3. The van der Waals surface area contributed by atoms with Crippen molar-refractivity contribution in [3.05, 3.63) is 35.9 Å². The summed E-state index contributed by atoms with van der Waals surface area (Å²) in [5.74, 6) is 0. The van der Waals surface area contributed by atoms with Crippen LogP contribution in [-0.2, 0) is 20.8 Å². The van der Waals surface area contributed by atoms with Crippen LogP contribution < -0.4 is 0 Å². The summed E-state index contributed by atoms with van der Waals surface area (Å²) >= 11 is 0. The molecule has 6 heteroatoms. The number of ether oxygens (including phenoxy) is 2. The van der Waals surface area contributed by atoms with Crippen molar-refractivity contribution < 1.29 is 19.1 Å². The molecule has 1 atom stereocenters. The van der Waals surface area contributed by atoms with Crippen molar-refractivity contribution in [3.8, 4) is 0 Å². The van der Waals surface area contributed by atoms with E-state index in [-0.39, 0.29) is 11.7 Å². The minimum absolute atomic E-state index is 0.277. The number of piperidine rings is 1. The molecule has 1 amide bonds. The van der Waals surface area contributed by atoms with Crippen molar-refractivity contribution in [2.24, 2.45) is 0 Å². The van der Waals surface area contributed by atoms with Crippen molar-refractivity contribution in [1.29, 1.82) is 0 Å². The van der Waals surface area contributed by atoms with Gasteiger partial charge in [-0.25, -0.2) is 4.79 Å². The largest absolute Gasteiger partial charge is 0.444 e. The van der Waals surface area contributed by atoms with Gasteiger partial charge in [-0.2, -0.15) is 0 Å². The van der Waals surface area contributed by atoms with E-state index in [9.17, 15) is 9.59 Å². The first-order chi connectivity index (χ1) is 12.8. The van der Waals surface area contributed by atoms with E-state index in [4.69, 9.17) is 9.47 Å². The molecule has 3 rings (SSSR count). The van der Waals surface area contributed by atoms with Crippen LogP contribution in [-0.4, -0.2) is 65.7 Å². The van der Waals surface area contributed by atoms with Gasteiger partial charge in [-0.3, -0.25) is 4.90 Å². The van der Waals surface area contributed by atoms with Gasteiger partial charge in [0, 0.05) is 32.7 Å². The highest BCUT2D eigenvalue weighted by atomic mass is 16.6. The van der Waals surface area contributed by atoms with Crippen LogP contribution in [0.2, 0.25) is 0 Å². The second kappa shape index (κ2) is 7.98. The Hall–Kier alpha value is -1.92. The van der Waals surface area contributed by atoms with Crippen LogP contribution in [0, 0.1) is 0 Å². The van der Waals surface area contributed by atoms with Gasteiger partial charge in [0.2, 0.25) is 0 Å². The van der Waals surface area contributed by atoms with Gasteiger partial charge in [0.05, 0.1) is 5.60 Å². The van der Waals surface area contributed by atoms with E-state index >= 15 is 0 Å². The molecule has 2 saturated heterocycles. The maximum Gasteiger partial charge on any atom is 0.410 e. The van der Waals surface area contributed by atoms with Crippen LogP contribution in [0.15, 0.2) is 30.3 Å². The lowest BCUT2D eigenvalue weighted by atomic mass is 9.88. The fraction of sp³-hybridized carbons (Fsp3) is 0.619. The van der Waals surface area contributed by atoms with Gasteiger partial charge >= 0.3 is 6.09 Å². The Morgan fingerprint density at radius 2 is 1.93 bits per heavy atom. The molecule has 1 unspecified atom stereocenters. The van der Waals surface area contributed by atoms with Crippen LogP contribution in [0.3, 0.4) is 0 Å². The molecule has 0 saturated carbocycles. The Balaban J connectivity index is 1.63. The van der Waals surface area contributed by atoms with E-state index in [0.29, 0.717) is 32.5 Å². The average Bonchev–Trinajstić information content (AvgIpc) is 2.61. The first kappa shape index (κ1) is 19.8. The van der Waals surface area contributed by atoms with Gasteiger partial charge in [-0.15, -0.1) is 0 Å². The Bertz CT molecular complexity index is 648. The lowest BCUT2D eigenvalue weighted by molar-refractivity contribution is -0.176. The number of carbonyl (C=O) groups is 2. The third kappa shape index (κ3) is 5.30. The molecule has 1 spiro atoms. The molecule has 0 aliphatic carbocycles. The van der Waals surface area contributed by atoms with Crippen molar-refractivity contribution >= 4 is 12.4 Å². The highest BCUT2D eigenvalue weighted by Crippen LogP contribution is 2.33. The molecule has 1 aromatic carbocycles. The zero-order chi connectivity index (χ0) is 19.5. The van der Waals surface area contributed by atoms with E-state index in [1.807, 2.05) is 39.0 Å². The summed E-state index contributed by atoms with van der Waals surface area (Å²) in [6.07, 6.45) is 1.62. The van der Waals surface area contributed by atoms with Crippen molar-refractivity contribution in [2.45, 2.75) is 57.5 Å². The van der Waals surface area contributed by atoms with Crippen LogP contribution in [0.5, 0.6) is 0 Å². The van der Waals surface area contributed by atoms with E-state index in [0.717, 1.165) is 19.4 Å². The number of benzene rings is 1. The topological polar surface area (TPSA) is 59.1 Å². The number of nitrogens with zero attached hydrogens (tertiary/aromatic N) is 2. The highest BCUT2D eigenvalue weighted by Gasteiger charge is 2.44. The zero-order valence-electron chi connectivity index (χ0n) is 16.5. The molecule has 0 radical (unpaired) electrons. The molecule has 2 aliphatic heterocycles. The number of aldehydes is 1. The quantitative estimate of drug-likeness (QED) is 0.762. The number of morpholine rings is 1. The smallest absolute Gasteiger partial charge is 0.410 e. The Kier molecular flexibility index (Phi) is 5.86. The summed E-state index contributed by atoms with van der Waals surface area (Å²) in [4.78, 5) is 27.8. The lowest BCUT2D eigenvalue weighted by Crippen LogP contribution is -2.60. The standard InChI is InChI=1S/C21H30N2O4/c1-20(2,3)27-19(25)23-11-9-21(10-12-23)16-22(14-18(15-24)26-21)13-17-7-5-4-6-8-17/h4-8,15,18H,9-14,16H2,1-3H3. The minimum atomic E-state index is -0.497. The van der Waals surface area contributed by atoms with Crippen molar-refractivity contribution in [2.75, 3.05) is 26.2 Å². The second-order valence-electron chi connectivity index (χ2n) is 8.60. The van der Waals surface area contributed by atoms with Gasteiger partial charge in [0.15, 0.2) is 0 Å². The number of hydrogen-bond donors (Lipinski definition) is 0. The average molecular weight is 374 g/mol. The molecule has 0 N–H and O–H groups in total.